The predicted molar refractivity (Wildman–Crippen MR) is 80.7 cm³/mol. The van der Waals surface area contributed by atoms with E-state index >= 15 is 0 Å². The summed E-state index contributed by atoms with van der Waals surface area (Å²) in [7, 11) is 4.69. The van der Waals surface area contributed by atoms with Crippen molar-refractivity contribution in [2.75, 3.05) is 21.3 Å². The van der Waals surface area contributed by atoms with Gasteiger partial charge in [0.05, 0.1) is 21.3 Å². The summed E-state index contributed by atoms with van der Waals surface area (Å²) in [6.45, 7) is 1.87. The molecule has 0 bridgehead atoms. The molecule has 0 aliphatic carbocycles. The van der Waals surface area contributed by atoms with Gasteiger partial charge in [0.15, 0.2) is 17.3 Å². The summed E-state index contributed by atoms with van der Waals surface area (Å²) >= 11 is 0. The predicted octanol–water partition coefficient (Wildman–Crippen LogP) is 3.25. The van der Waals surface area contributed by atoms with Gasteiger partial charge in [-0.05, 0) is 36.8 Å². The lowest BCUT2D eigenvalue weighted by Gasteiger charge is -2.12. The molecule has 2 rings (SSSR count). The van der Waals surface area contributed by atoms with Crippen molar-refractivity contribution >= 4 is 5.78 Å². The molecule has 0 radical (unpaired) electrons. The number of hydrogen-bond acceptors (Lipinski definition) is 4. The third kappa shape index (κ3) is 2.99. The van der Waals surface area contributed by atoms with E-state index in [4.69, 9.17) is 14.2 Å². The highest BCUT2D eigenvalue weighted by molar-refractivity contribution is 6.10. The van der Waals surface area contributed by atoms with Gasteiger partial charge in [0.1, 0.15) is 5.75 Å². The van der Waals surface area contributed by atoms with E-state index < -0.39 is 0 Å². The van der Waals surface area contributed by atoms with Crippen LogP contribution < -0.4 is 14.2 Å². The minimum atomic E-state index is -0.0765. The second kappa shape index (κ2) is 6.31. The number of methoxy groups -OCH3 is 3. The van der Waals surface area contributed by atoms with Crippen molar-refractivity contribution in [3.8, 4) is 17.2 Å². The fourth-order valence-electron chi connectivity index (χ4n) is 2.15. The minimum absolute atomic E-state index is 0.0765. The van der Waals surface area contributed by atoms with Crippen LogP contribution in [0, 0.1) is 6.92 Å². The van der Waals surface area contributed by atoms with Crippen molar-refractivity contribution in [1.82, 2.24) is 0 Å². The van der Waals surface area contributed by atoms with E-state index in [9.17, 15) is 4.79 Å². The topological polar surface area (TPSA) is 44.8 Å². The Morgan fingerprint density at radius 1 is 0.905 bits per heavy atom. The maximum absolute atomic E-state index is 12.7. The first-order valence-corrected chi connectivity index (χ1v) is 6.52. The van der Waals surface area contributed by atoms with Crippen molar-refractivity contribution in [1.29, 1.82) is 0 Å². The second-order valence-corrected chi connectivity index (χ2v) is 4.58. The van der Waals surface area contributed by atoms with E-state index in [0.29, 0.717) is 28.4 Å². The zero-order chi connectivity index (χ0) is 15.4. The molecule has 0 N–H and O–H groups in total. The second-order valence-electron chi connectivity index (χ2n) is 4.58. The Labute approximate surface area is 124 Å². The molecule has 0 amide bonds. The van der Waals surface area contributed by atoms with E-state index in [1.54, 1.807) is 57.7 Å². The van der Waals surface area contributed by atoms with Crippen LogP contribution in [0.5, 0.6) is 17.2 Å². The Balaban J connectivity index is 2.47. The van der Waals surface area contributed by atoms with Gasteiger partial charge >= 0.3 is 0 Å². The molecule has 0 saturated heterocycles. The highest BCUT2D eigenvalue weighted by Gasteiger charge is 2.16. The first-order valence-electron chi connectivity index (χ1n) is 6.52. The van der Waals surface area contributed by atoms with E-state index in [-0.39, 0.29) is 5.78 Å². The Morgan fingerprint density at radius 3 is 2.19 bits per heavy atom. The summed E-state index contributed by atoms with van der Waals surface area (Å²) in [5, 5.41) is 0. The molecule has 2 aromatic carbocycles. The Morgan fingerprint density at radius 2 is 1.57 bits per heavy atom. The quantitative estimate of drug-likeness (QED) is 0.791. The van der Waals surface area contributed by atoms with Gasteiger partial charge in [-0.2, -0.15) is 0 Å². The summed E-state index contributed by atoms with van der Waals surface area (Å²) in [4.78, 5) is 12.7. The molecule has 0 aliphatic rings. The van der Waals surface area contributed by atoms with Crippen LogP contribution in [-0.4, -0.2) is 27.1 Å². The monoisotopic (exact) mass is 286 g/mol. The van der Waals surface area contributed by atoms with Crippen LogP contribution in [-0.2, 0) is 0 Å². The maximum atomic E-state index is 12.7. The van der Waals surface area contributed by atoms with Crippen LogP contribution >= 0.6 is 0 Å². The SMILES string of the molecule is COc1cccc(C(=O)c2cc(OC)c(OC)cc2C)c1. The summed E-state index contributed by atoms with van der Waals surface area (Å²) in [5.74, 6) is 1.72. The third-order valence-electron chi connectivity index (χ3n) is 3.31. The number of carbonyl (C=O) groups excluding carboxylic acids is 1. The Bertz CT molecular complexity index is 662. The van der Waals surface area contributed by atoms with Crippen LogP contribution in [0.3, 0.4) is 0 Å². The standard InChI is InChI=1S/C17H18O4/c1-11-8-15(20-3)16(21-4)10-14(11)17(18)12-6-5-7-13(9-12)19-2/h5-10H,1-4H3. The molecule has 0 atom stereocenters. The van der Waals surface area contributed by atoms with Gasteiger partial charge < -0.3 is 14.2 Å². The van der Waals surface area contributed by atoms with E-state index in [1.807, 2.05) is 6.92 Å². The average Bonchev–Trinajstić information content (AvgIpc) is 2.53. The molecule has 2 aromatic rings. The fourth-order valence-corrected chi connectivity index (χ4v) is 2.15. The van der Waals surface area contributed by atoms with Crippen molar-refractivity contribution in [3.05, 3.63) is 53.1 Å². The van der Waals surface area contributed by atoms with Gasteiger partial charge in [-0.15, -0.1) is 0 Å². The molecule has 110 valence electrons. The van der Waals surface area contributed by atoms with Crippen LogP contribution in [0.25, 0.3) is 0 Å². The van der Waals surface area contributed by atoms with Crippen molar-refractivity contribution in [2.24, 2.45) is 0 Å². The number of ether oxygens (including phenoxy) is 3. The van der Waals surface area contributed by atoms with Crippen LogP contribution in [0.4, 0.5) is 0 Å². The molecule has 4 nitrogen and oxygen atoms in total. The molecule has 21 heavy (non-hydrogen) atoms. The molecule has 0 aliphatic heterocycles. The van der Waals surface area contributed by atoms with Gasteiger partial charge in [0.2, 0.25) is 0 Å². The summed E-state index contributed by atoms with van der Waals surface area (Å²) in [5.41, 5.74) is 1.99. The van der Waals surface area contributed by atoms with Crippen molar-refractivity contribution in [2.45, 2.75) is 6.92 Å². The fraction of sp³-hybridized carbons (Fsp3) is 0.235. The van der Waals surface area contributed by atoms with Crippen molar-refractivity contribution < 1.29 is 19.0 Å². The summed E-state index contributed by atoms with van der Waals surface area (Å²) in [6, 6.07) is 10.6. The molecule has 0 unspecified atom stereocenters. The zero-order valence-corrected chi connectivity index (χ0v) is 12.6. The smallest absolute Gasteiger partial charge is 0.193 e. The lowest BCUT2D eigenvalue weighted by molar-refractivity contribution is 0.103. The first kappa shape index (κ1) is 14.9. The zero-order valence-electron chi connectivity index (χ0n) is 12.6. The van der Waals surface area contributed by atoms with Crippen LogP contribution in [0.15, 0.2) is 36.4 Å². The molecule has 0 heterocycles. The number of hydrogen-bond donors (Lipinski definition) is 0. The van der Waals surface area contributed by atoms with Crippen LogP contribution in [0.2, 0.25) is 0 Å². The number of aryl methyl sites for hydroxylation is 1. The number of carbonyl (C=O) groups is 1. The first-order chi connectivity index (χ1) is 10.1. The molecular weight excluding hydrogens is 268 g/mol. The summed E-state index contributed by atoms with van der Waals surface area (Å²) < 4.78 is 15.7. The minimum Gasteiger partial charge on any atom is -0.497 e. The van der Waals surface area contributed by atoms with E-state index in [0.717, 1.165) is 5.56 Å². The highest BCUT2D eigenvalue weighted by Crippen LogP contribution is 2.31. The largest absolute Gasteiger partial charge is 0.497 e. The van der Waals surface area contributed by atoms with E-state index in [1.165, 1.54) is 0 Å². The normalized spacial score (nSPS) is 10.1. The maximum Gasteiger partial charge on any atom is 0.193 e. The number of rotatable bonds is 5. The number of ketones is 1. The summed E-state index contributed by atoms with van der Waals surface area (Å²) in [6.07, 6.45) is 0. The van der Waals surface area contributed by atoms with Crippen molar-refractivity contribution in [3.63, 3.8) is 0 Å². The Kier molecular flexibility index (Phi) is 4.48. The van der Waals surface area contributed by atoms with E-state index in [2.05, 4.69) is 0 Å². The molecule has 4 heteroatoms. The molecule has 0 spiro atoms. The molecule has 0 fully saturated rings. The molecular formula is C17H18O4. The van der Waals surface area contributed by atoms with Gasteiger partial charge in [-0.1, -0.05) is 12.1 Å². The lowest BCUT2D eigenvalue weighted by atomic mass is 9.98. The van der Waals surface area contributed by atoms with Gasteiger partial charge in [0, 0.05) is 11.1 Å². The van der Waals surface area contributed by atoms with Gasteiger partial charge in [-0.3, -0.25) is 4.79 Å². The third-order valence-corrected chi connectivity index (χ3v) is 3.31. The number of benzene rings is 2. The van der Waals surface area contributed by atoms with Gasteiger partial charge in [-0.25, -0.2) is 0 Å². The average molecular weight is 286 g/mol. The molecule has 0 saturated carbocycles. The van der Waals surface area contributed by atoms with Crippen LogP contribution in [0.1, 0.15) is 21.5 Å². The molecule has 0 aromatic heterocycles. The van der Waals surface area contributed by atoms with Gasteiger partial charge in [0.25, 0.3) is 0 Å². The lowest BCUT2D eigenvalue weighted by Crippen LogP contribution is -2.05. The highest BCUT2D eigenvalue weighted by atomic mass is 16.5. The Hall–Kier alpha value is -2.49.